The van der Waals surface area contributed by atoms with Gasteiger partial charge in [0.05, 0.1) is 0 Å². The molecule has 0 radical (unpaired) electrons. The van der Waals surface area contributed by atoms with Gasteiger partial charge in [-0.2, -0.15) is 0 Å². The average Bonchev–Trinajstić information content (AvgIpc) is 2.74. The van der Waals surface area contributed by atoms with Crippen LogP contribution in [0.3, 0.4) is 0 Å². The average molecular weight is 232 g/mol. The van der Waals surface area contributed by atoms with E-state index in [9.17, 15) is 4.79 Å². The standard InChI is InChI=1S/C14H20N2O/c1-10-4-2-3-5-12(10)9-16-14(17)11-6-7-13(15)8-11/h2-5,11,13H,6-9,15H2,1H3,(H,16,17). The van der Waals surface area contributed by atoms with Crippen LogP contribution in [-0.4, -0.2) is 11.9 Å². The molecule has 2 rings (SSSR count). The molecule has 0 bridgehead atoms. The zero-order chi connectivity index (χ0) is 12.3. The Kier molecular flexibility index (Phi) is 3.79. The third kappa shape index (κ3) is 3.07. The molecule has 0 spiro atoms. The van der Waals surface area contributed by atoms with E-state index in [0.29, 0.717) is 6.54 Å². The van der Waals surface area contributed by atoms with Gasteiger partial charge in [-0.05, 0) is 37.3 Å². The molecular weight excluding hydrogens is 212 g/mol. The first kappa shape index (κ1) is 12.1. The number of rotatable bonds is 3. The fourth-order valence-electron chi connectivity index (χ4n) is 2.39. The van der Waals surface area contributed by atoms with E-state index in [1.165, 1.54) is 11.1 Å². The maximum absolute atomic E-state index is 11.9. The van der Waals surface area contributed by atoms with Gasteiger partial charge in [0.15, 0.2) is 0 Å². The van der Waals surface area contributed by atoms with Crippen molar-refractivity contribution >= 4 is 5.91 Å². The molecule has 1 aliphatic rings. The lowest BCUT2D eigenvalue weighted by atomic mass is 10.1. The van der Waals surface area contributed by atoms with Gasteiger partial charge in [0.2, 0.25) is 5.91 Å². The van der Waals surface area contributed by atoms with Gasteiger partial charge in [-0.25, -0.2) is 0 Å². The fraction of sp³-hybridized carbons (Fsp3) is 0.500. The number of amides is 1. The Labute approximate surface area is 102 Å². The smallest absolute Gasteiger partial charge is 0.223 e. The van der Waals surface area contributed by atoms with Crippen molar-refractivity contribution < 1.29 is 4.79 Å². The Morgan fingerprint density at radius 1 is 1.41 bits per heavy atom. The van der Waals surface area contributed by atoms with Crippen molar-refractivity contribution in [2.75, 3.05) is 0 Å². The number of nitrogens with one attached hydrogen (secondary N) is 1. The van der Waals surface area contributed by atoms with Gasteiger partial charge in [0.1, 0.15) is 0 Å². The van der Waals surface area contributed by atoms with Crippen molar-refractivity contribution in [3.8, 4) is 0 Å². The molecule has 0 aliphatic heterocycles. The van der Waals surface area contributed by atoms with Crippen LogP contribution in [0, 0.1) is 12.8 Å². The van der Waals surface area contributed by atoms with E-state index in [-0.39, 0.29) is 17.9 Å². The number of hydrogen-bond acceptors (Lipinski definition) is 2. The number of carbonyl (C=O) groups excluding carboxylic acids is 1. The Morgan fingerprint density at radius 2 is 2.18 bits per heavy atom. The van der Waals surface area contributed by atoms with E-state index in [4.69, 9.17) is 5.73 Å². The molecule has 3 N–H and O–H groups in total. The zero-order valence-electron chi connectivity index (χ0n) is 10.3. The van der Waals surface area contributed by atoms with Crippen LogP contribution >= 0.6 is 0 Å². The second kappa shape index (κ2) is 5.32. The van der Waals surface area contributed by atoms with E-state index in [1.54, 1.807) is 0 Å². The highest BCUT2D eigenvalue weighted by atomic mass is 16.1. The fourth-order valence-corrected chi connectivity index (χ4v) is 2.39. The topological polar surface area (TPSA) is 55.1 Å². The quantitative estimate of drug-likeness (QED) is 0.834. The number of hydrogen-bond donors (Lipinski definition) is 2. The molecule has 1 aliphatic carbocycles. The minimum Gasteiger partial charge on any atom is -0.352 e. The zero-order valence-corrected chi connectivity index (χ0v) is 10.3. The van der Waals surface area contributed by atoms with Gasteiger partial charge in [-0.1, -0.05) is 24.3 Å². The van der Waals surface area contributed by atoms with Crippen molar-refractivity contribution in [1.82, 2.24) is 5.32 Å². The maximum Gasteiger partial charge on any atom is 0.223 e. The molecule has 1 amide bonds. The Balaban J connectivity index is 1.86. The van der Waals surface area contributed by atoms with Crippen LogP contribution in [0.15, 0.2) is 24.3 Å². The number of nitrogens with two attached hydrogens (primary N) is 1. The molecule has 2 unspecified atom stereocenters. The van der Waals surface area contributed by atoms with Gasteiger partial charge < -0.3 is 11.1 Å². The Bertz CT molecular complexity index is 403. The Hall–Kier alpha value is -1.35. The van der Waals surface area contributed by atoms with Gasteiger partial charge in [-0.3, -0.25) is 4.79 Å². The van der Waals surface area contributed by atoms with Crippen LogP contribution in [0.25, 0.3) is 0 Å². The van der Waals surface area contributed by atoms with Gasteiger partial charge in [0.25, 0.3) is 0 Å². The van der Waals surface area contributed by atoms with Crippen molar-refractivity contribution in [2.45, 2.75) is 38.8 Å². The lowest BCUT2D eigenvalue weighted by Crippen LogP contribution is -2.30. The number of carbonyl (C=O) groups is 1. The summed E-state index contributed by atoms with van der Waals surface area (Å²) in [6.45, 7) is 2.68. The largest absolute Gasteiger partial charge is 0.352 e. The highest BCUT2D eigenvalue weighted by Crippen LogP contribution is 2.24. The van der Waals surface area contributed by atoms with Crippen LogP contribution in [-0.2, 0) is 11.3 Å². The molecule has 2 atom stereocenters. The minimum atomic E-state index is 0.119. The monoisotopic (exact) mass is 232 g/mol. The third-order valence-corrected chi connectivity index (χ3v) is 3.56. The highest BCUT2D eigenvalue weighted by Gasteiger charge is 2.27. The second-order valence-electron chi connectivity index (χ2n) is 4.91. The highest BCUT2D eigenvalue weighted by molar-refractivity contribution is 5.79. The summed E-state index contributed by atoms with van der Waals surface area (Å²) in [5, 5.41) is 3.01. The van der Waals surface area contributed by atoms with Crippen molar-refractivity contribution in [3.05, 3.63) is 35.4 Å². The molecule has 3 nitrogen and oxygen atoms in total. The van der Waals surface area contributed by atoms with Crippen LogP contribution in [0.5, 0.6) is 0 Å². The molecule has 1 aromatic rings. The van der Waals surface area contributed by atoms with Gasteiger partial charge in [-0.15, -0.1) is 0 Å². The van der Waals surface area contributed by atoms with E-state index in [1.807, 2.05) is 12.1 Å². The molecule has 17 heavy (non-hydrogen) atoms. The summed E-state index contributed by atoms with van der Waals surface area (Å²) in [6.07, 6.45) is 2.74. The summed E-state index contributed by atoms with van der Waals surface area (Å²) in [4.78, 5) is 11.9. The van der Waals surface area contributed by atoms with Crippen molar-refractivity contribution in [2.24, 2.45) is 11.7 Å². The number of aryl methyl sites for hydroxylation is 1. The van der Waals surface area contributed by atoms with Crippen molar-refractivity contribution in [3.63, 3.8) is 0 Å². The van der Waals surface area contributed by atoms with Crippen LogP contribution < -0.4 is 11.1 Å². The van der Waals surface area contributed by atoms with Crippen LogP contribution in [0.2, 0.25) is 0 Å². The third-order valence-electron chi connectivity index (χ3n) is 3.56. The summed E-state index contributed by atoms with van der Waals surface area (Å²) in [5.74, 6) is 0.273. The molecule has 3 heteroatoms. The molecule has 0 saturated heterocycles. The molecule has 1 fully saturated rings. The normalized spacial score (nSPS) is 23.6. The minimum absolute atomic E-state index is 0.119. The van der Waals surface area contributed by atoms with E-state index >= 15 is 0 Å². The predicted octanol–water partition coefficient (Wildman–Crippen LogP) is 1.74. The van der Waals surface area contributed by atoms with Gasteiger partial charge >= 0.3 is 0 Å². The van der Waals surface area contributed by atoms with Crippen LogP contribution in [0.1, 0.15) is 30.4 Å². The lowest BCUT2D eigenvalue weighted by molar-refractivity contribution is -0.125. The second-order valence-corrected chi connectivity index (χ2v) is 4.91. The van der Waals surface area contributed by atoms with Gasteiger partial charge in [0, 0.05) is 18.5 Å². The molecule has 1 aromatic carbocycles. The molecular formula is C14H20N2O. The summed E-state index contributed by atoms with van der Waals surface area (Å²) in [5.41, 5.74) is 8.22. The van der Waals surface area contributed by atoms with E-state index < -0.39 is 0 Å². The lowest BCUT2D eigenvalue weighted by Gasteiger charge is -2.12. The molecule has 92 valence electrons. The molecule has 0 heterocycles. The first-order chi connectivity index (χ1) is 8.16. The molecule has 0 aromatic heterocycles. The SMILES string of the molecule is Cc1ccccc1CNC(=O)C1CCC(N)C1. The van der Waals surface area contributed by atoms with E-state index in [2.05, 4.69) is 24.4 Å². The van der Waals surface area contributed by atoms with Crippen LogP contribution in [0.4, 0.5) is 0 Å². The molecule has 1 saturated carbocycles. The summed E-state index contributed by atoms with van der Waals surface area (Å²) < 4.78 is 0. The summed E-state index contributed by atoms with van der Waals surface area (Å²) >= 11 is 0. The predicted molar refractivity (Wildman–Crippen MR) is 68.3 cm³/mol. The summed E-state index contributed by atoms with van der Waals surface area (Å²) in [7, 11) is 0. The number of benzene rings is 1. The summed E-state index contributed by atoms with van der Waals surface area (Å²) in [6, 6.07) is 8.34. The van der Waals surface area contributed by atoms with E-state index in [0.717, 1.165) is 19.3 Å². The first-order valence-electron chi connectivity index (χ1n) is 6.24. The first-order valence-corrected chi connectivity index (χ1v) is 6.24. The Morgan fingerprint density at radius 3 is 2.82 bits per heavy atom. The van der Waals surface area contributed by atoms with Crippen molar-refractivity contribution in [1.29, 1.82) is 0 Å². The maximum atomic E-state index is 11.9.